The Morgan fingerprint density at radius 1 is 0.931 bits per heavy atom. The van der Waals surface area contributed by atoms with Crippen molar-refractivity contribution in [2.75, 3.05) is 7.05 Å². The van der Waals surface area contributed by atoms with Gasteiger partial charge in [0.2, 0.25) is 0 Å². The van der Waals surface area contributed by atoms with Crippen LogP contribution in [0.25, 0.3) is 22.8 Å². The fourth-order valence-corrected chi connectivity index (χ4v) is 4.02. The number of allylic oxidation sites excluding steroid dienone is 1. The van der Waals surface area contributed by atoms with Gasteiger partial charge in [-0.25, -0.2) is 4.98 Å². The lowest BCUT2D eigenvalue weighted by atomic mass is 9.77. The number of para-hydroxylation sites is 2. The van der Waals surface area contributed by atoms with Gasteiger partial charge in [-0.1, -0.05) is 53.7 Å². The van der Waals surface area contributed by atoms with Gasteiger partial charge in [0.05, 0.1) is 11.0 Å². The van der Waals surface area contributed by atoms with Crippen molar-refractivity contribution in [3.63, 3.8) is 0 Å². The molecule has 4 rings (SSSR count). The smallest absolute Gasteiger partial charge is 0.164 e. The zero-order valence-electron chi connectivity index (χ0n) is 18.3. The molecule has 0 unspecified atom stereocenters. The van der Waals surface area contributed by atoms with E-state index in [0.717, 1.165) is 44.8 Å². The summed E-state index contributed by atoms with van der Waals surface area (Å²) in [5, 5.41) is 11.1. The number of benzene rings is 2. The van der Waals surface area contributed by atoms with E-state index in [-0.39, 0.29) is 10.8 Å². The molecule has 0 radical (unpaired) electrons. The van der Waals surface area contributed by atoms with Crippen LogP contribution in [-0.4, -0.2) is 27.4 Å². The van der Waals surface area contributed by atoms with Crippen LogP contribution in [0.2, 0.25) is 0 Å². The maximum Gasteiger partial charge on any atom is 0.164 e. The number of aliphatic imine (C=N–C) groups is 1. The van der Waals surface area contributed by atoms with E-state index in [4.69, 9.17) is 4.98 Å². The second kappa shape index (κ2) is 6.31. The zero-order chi connectivity index (χ0) is 21.1. The molecule has 1 aliphatic heterocycles. The van der Waals surface area contributed by atoms with Crippen molar-refractivity contribution >= 4 is 28.5 Å². The standard InChI is InChI=1S/C25H29N3O/c1-24(2,3)17-12-15(13-18(22(17)29)25(4,5)6)16-14-28-20-11-9-8-10-19(20)27-23(28)21(16)26-7/h8-14,29H,1-7H3. The van der Waals surface area contributed by atoms with Gasteiger partial charge in [-0.05, 0) is 40.7 Å². The van der Waals surface area contributed by atoms with Crippen LogP contribution in [0.4, 0.5) is 0 Å². The van der Waals surface area contributed by atoms with Crippen LogP contribution in [0, 0.1) is 0 Å². The molecule has 0 saturated heterocycles. The van der Waals surface area contributed by atoms with E-state index >= 15 is 0 Å². The number of nitrogens with zero attached hydrogens (tertiary/aromatic N) is 3. The molecule has 1 aliphatic rings. The first-order chi connectivity index (χ1) is 13.5. The summed E-state index contributed by atoms with van der Waals surface area (Å²) in [6, 6.07) is 12.4. The number of fused-ring (bicyclic) bond motifs is 3. The van der Waals surface area contributed by atoms with Crippen molar-refractivity contribution < 1.29 is 5.11 Å². The van der Waals surface area contributed by atoms with E-state index in [1.54, 1.807) is 0 Å². The topological polar surface area (TPSA) is 50.4 Å². The van der Waals surface area contributed by atoms with Crippen molar-refractivity contribution in [2.24, 2.45) is 4.99 Å². The Kier molecular flexibility index (Phi) is 4.23. The second-order valence-electron chi connectivity index (χ2n) is 9.83. The molecule has 0 aliphatic carbocycles. The number of phenols is 1. The lowest BCUT2D eigenvalue weighted by Crippen LogP contribution is -2.18. The maximum absolute atomic E-state index is 11.1. The SMILES string of the molecule is CN=C1C(c2cc(C(C)(C)C)c(O)c(C(C)(C)C)c2)=Cn2c1nc1ccccc12. The number of phenolic OH excluding ortho intramolecular Hbond substituents is 1. The van der Waals surface area contributed by atoms with E-state index < -0.39 is 0 Å². The van der Waals surface area contributed by atoms with E-state index in [9.17, 15) is 5.11 Å². The average Bonchev–Trinajstić information content (AvgIpc) is 3.15. The van der Waals surface area contributed by atoms with E-state index in [1.165, 1.54) is 0 Å². The molecule has 0 saturated carbocycles. The molecule has 0 bridgehead atoms. The van der Waals surface area contributed by atoms with E-state index in [1.807, 2.05) is 25.2 Å². The highest BCUT2D eigenvalue weighted by Gasteiger charge is 2.30. The third-order valence-electron chi connectivity index (χ3n) is 5.58. The molecule has 2 heterocycles. The van der Waals surface area contributed by atoms with Crippen LogP contribution in [0.15, 0.2) is 41.4 Å². The minimum absolute atomic E-state index is 0.178. The Morgan fingerprint density at radius 3 is 2.07 bits per heavy atom. The van der Waals surface area contributed by atoms with Crippen LogP contribution < -0.4 is 0 Å². The van der Waals surface area contributed by atoms with Gasteiger partial charge in [0.1, 0.15) is 11.5 Å². The lowest BCUT2D eigenvalue weighted by Gasteiger charge is -2.28. The first kappa shape index (κ1) is 19.4. The Balaban J connectivity index is 1.99. The van der Waals surface area contributed by atoms with Gasteiger partial charge in [0, 0.05) is 29.9 Å². The van der Waals surface area contributed by atoms with Crippen LogP contribution in [0.5, 0.6) is 5.75 Å². The van der Waals surface area contributed by atoms with Crippen molar-refractivity contribution in [3.8, 4) is 5.75 Å². The van der Waals surface area contributed by atoms with Crippen LogP contribution in [0.3, 0.4) is 0 Å². The van der Waals surface area contributed by atoms with Crippen LogP contribution in [-0.2, 0) is 10.8 Å². The molecular weight excluding hydrogens is 358 g/mol. The Bertz CT molecular complexity index is 1150. The molecule has 2 aromatic carbocycles. The number of aromatic nitrogens is 2. The summed E-state index contributed by atoms with van der Waals surface area (Å²) in [7, 11) is 1.81. The first-order valence-electron chi connectivity index (χ1n) is 10.1. The summed E-state index contributed by atoms with van der Waals surface area (Å²) in [6.45, 7) is 12.8. The molecule has 1 N–H and O–H groups in total. The second-order valence-corrected chi connectivity index (χ2v) is 9.83. The monoisotopic (exact) mass is 387 g/mol. The summed E-state index contributed by atoms with van der Waals surface area (Å²) in [5.41, 5.74) is 6.57. The van der Waals surface area contributed by atoms with Gasteiger partial charge >= 0.3 is 0 Å². The fraction of sp³-hybridized carbons (Fsp3) is 0.360. The van der Waals surface area contributed by atoms with E-state index in [0.29, 0.717) is 5.75 Å². The first-order valence-corrected chi connectivity index (χ1v) is 10.1. The molecule has 0 spiro atoms. The molecule has 4 nitrogen and oxygen atoms in total. The van der Waals surface area contributed by atoms with Crippen LogP contribution in [0.1, 0.15) is 64.1 Å². The van der Waals surface area contributed by atoms with Crippen molar-refractivity contribution in [1.29, 1.82) is 0 Å². The number of rotatable bonds is 1. The van der Waals surface area contributed by atoms with Gasteiger partial charge in [0.15, 0.2) is 5.82 Å². The molecule has 4 heteroatoms. The minimum Gasteiger partial charge on any atom is -0.507 e. The van der Waals surface area contributed by atoms with Crippen molar-refractivity contribution in [3.05, 3.63) is 58.9 Å². The van der Waals surface area contributed by atoms with Crippen molar-refractivity contribution in [2.45, 2.75) is 52.4 Å². The molecule has 0 atom stereocenters. The Morgan fingerprint density at radius 2 is 1.52 bits per heavy atom. The molecule has 29 heavy (non-hydrogen) atoms. The molecule has 3 aromatic rings. The molecule has 150 valence electrons. The van der Waals surface area contributed by atoms with Crippen LogP contribution >= 0.6 is 0 Å². The summed E-state index contributed by atoms with van der Waals surface area (Å²) >= 11 is 0. The maximum atomic E-state index is 11.1. The highest BCUT2D eigenvalue weighted by Crippen LogP contribution is 2.42. The molecule has 0 amide bonds. The molecular formula is C25H29N3O. The van der Waals surface area contributed by atoms with Gasteiger partial charge in [-0.2, -0.15) is 0 Å². The zero-order valence-corrected chi connectivity index (χ0v) is 18.3. The fourth-order valence-electron chi connectivity index (χ4n) is 4.02. The molecule has 1 aromatic heterocycles. The summed E-state index contributed by atoms with van der Waals surface area (Å²) in [4.78, 5) is 9.40. The number of aromatic hydroxyl groups is 1. The molecule has 0 fully saturated rings. The van der Waals surface area contributed by atoms with Gasteiger partial charge in [-0.3, -0.25) is 9.56 Å². The Labute approximate surface area is 172 Å². The largest absolute Gasteiger partial charge is 0.507 e. The summed E-state index contributed by atoms with van der Waals surface area (Å²) in [6.07, 6.45) is 2.12. The number of hydrogen-bond acceptors (Lipinski definition) is 3. The van der Waals surface area contributed by atoms with E-state index in [2.05, 4.69) is 75.5 Å². The normalized spacial score (nSPS) is 15.8. The summed E-state index contributed by atoms with van der Waals surface area (Å²) < 4.78 is 2.12. The number of hydrogen-bond donors (Lipinski definition) is 1. The predicted molar refractivity (Wildman–Crippen MR) is 122 cm³/mol. The van der Waals surface area contributed by atoms with Gasteiger partial charge in [-0.15, -0.1) is 0 Å². The quantitative estimate of drug-likeness (QED) is 0.576. The van der Waals surface area contributed by atoms with Crippen molar-refractivity contribution in [1.82, 2.24) is 9.55 Å². The lowest BCUT2D eigenvalue weighted by molar-refractivity contribution is 0.423. The highest BCUT2D eigenvalue weighted by atomic mass is 16.3. The minimum atomic E-state index is -0.178. The third kappa shape index (κ3) is 3.07. The average molecular weight is 388 g/mol. The van der Waals surface area contributed by atoms with Gasteiger partial charge in [0.25, 0.3) is 0 Å². The summed E-state index contributed by atoms with van der Waals surface area (Å²) in [5.74, 6) is 1.26. The Hall–Kier alpha value is -2.88. The highest BCUT2D eigenvalue weighted by molar-refractivity contribution is 6.36. The third-order valence-corrected chi connectivity index (χ3v) is 5.58. The van der Waals surface area contributed by atoms with Gasteiger partial charge < -0.3 is 5.11 Å². The number of imidazole rings is 1. The predicted octanol–water partition coefficient (Wildman–Crippen LogP) is 5.77.